The van der Waals surface area contributed by atoms with E-state index in [1.807, 2.05) is 11.0 Å². The van der Waals surface area contributed by atoms with Crippen molar-refractivity contribution in [2.45, 2.75) is 25.0 Å². The highest BCUT2D eigenvalue weighted by atomic mass is 16.5. The maximum atomic E-state index is 12.1. The van der Waals surface area contributed by atoms with Crippen LogP contribution in [0.1, 0.15) is 30.0 Å². The number of piperidine rings is 1. The molecule has 0 amide bonds. The summed E-state index contributed by atoms with van der Waals surface area (Å²) in [4.78, 5) is 14.1. The van der Waals surface area contributed by atoms with Crippen LogP contribution in [-0.2, 0) is 9.53 Å². The van der Waals surface area contributed by atoms with Crippen LogP contribution in [0.5, 0.6) is 0 Å². The number of esters is 1. The predicted octanol–water partition coefficient (Wildman–Crippen LogP) is 1.23. The zero-order valence-corrected chi connectivity index (χ0v) is 11.5. The van der Waals surface area contributed by atoms with Crippen LogP contribution >= 0.6 is 0 Å². The molecule has 0 spiro atoms. The van der Waals surface area contributed by atoms with Crippen molar-refractivity contribution in [1.29, 1.82) is 5.26 Å². The lowest BCUT2D eigenvalue weighted by molar-refractivity contribution is -0.148. The summed E-state index contributed by atoms with van der Waals surface area (Å²) in [5, 5.41) is 18.5. The number of likely N-dealkylation sites (tertiary alicyclic amines) is 1. The fraction of sp³-hybridized carbons (Fsp3) is 0.467. The SMILES string of the molecule is COC(=O)C(c1cccc(C#N)c1)N1CCC(O)CC1. The van der Waals surface area contributed by atoms with Gasteiger partial charge >= 0.3 is 5.97 Å². The van der Waals surface area contributed by atoms with E-state index in [0.29, 0.717) is 31.5 Å². The summed E-state index contributed by atoms with van der Waals surface area (Å²) in [6.45, 7) is 1.27. The molecule has 1 saturated heterocycles. The minimum absolute atomic E-state index is 0.296. The van der Waals surface area contributed by atoms with E-state index in [-0.39, 0.29) is 12.1 Å². The molecule has 1 aliphatic rings. The second kappa shape index (κ2) is 6.51. The van der Waals surface area contributed by atoms with Crippen LogP contribution in [0, 0.1) is 11.3 Å². The first-order valence-corrected chi connectivity index (χ1v) is 6.65. The molecule has 0 saturated carbocycles. The Labute approximate surface area is 118 Å². The maximum absolute atomic E-state index is 12.1. The average molecular weight is 274 g/mol. The lowest BCUT2D eigenvalue weighted by Crippen LogP contribution is -2.41. The van der Waals surface area contributed by atoms with Gasteiger partial charge in [-0.1, -0.05) is 12.1 Å². The van der Waals surface area contributed by atoms with E-state index in [9.17, 15) is 9.90 Å². The van der Waals surface area contributed by atoms with Gasteiger partial charge in [-0.3, -0.25) is 4.90 Å². The molecule has 0 bridgehead atoms. The number of methoxy groups -OCH3 is 1. The van der Waals surface area contributed by atoms with Crippen molar-refractivity contribution in [3.63, 3.8) is 0 Å². The van der Waals surface area contributed by atoms with E-state index in [1.165, 1.54) is 7.11 Å². The van der Waals surface area contributed by atoms with Crippen molar-refractivity contribution >= 4 is 5.97 Å². The van der Waals surface area contributed by atoms with E-state index in [0.717, 1.165) is 5.56 Å². The summed E-state index contributed by atoms with van der Waals surface area (Å²) in [5.41, 5.74) is 1.28. The predicted molar refractivity (Wildman–Crippen MR) is 72.7 cm³/mol. The number of ether oxygens (including phenoxy) is 1. The fourth-order valence-electron chi connectivity index (χ4n) is 2.53. The second-order valence-electron chi connectivity index (χ2n) is 4.93. The van der Waals surface area contributed by atoms with E-state index in [1.54, 1.807) is 18.2 Å². The standard InChI is InChI=1S/C15H18N2O3/c1-20-15(19)14(17-7-5-13(18)6-8-17)12-4-2-3-11(9-12)10-16/h2-4,9,13-14,18H,5-8H2,1H3. The molecule has 2 rings (SSSR count). The van der Waals surface area contributed by atoms with E-state index < -0.39 is 6.04 Å². The van der Waals surface area contributed by atoms with Crippen molar-refractivity contribution in [3.8, 4) is 6.07 Å². The van der Waals surface area contributed by atoms with E-state index in [4.69, 9.17) is 10.00 Å². The molecule has 1 heterocycles. The first kappa shape index (κ1) is 14.5. The number of aliphatic hydroxyl groups is 1. The Balaban J connectivity index is 2.27. The third kappa shape index (κ3) is 3.16. The number of hydrogen-bond acceptors (Lipinski definition) is 5. The Morgan fingerprint density at radius 3 is 2.80 bits per heavy atom. The van der Waals surface area contributed by atoms with E-state index in [2.05, 4.69) is 6.07 Å². The lowest BCUT2D eigenvalue weighted by atomic mass is 9.99. The first-order chi connectivity index (χ1) is 9.65. The second-order valence-corrected chi connectivity index (χ2v) is 4.93. The smallest absolute Gasteiger partial charge is 0.327 e. The Morgan fingerprint density at radius 2 is 2.20 bits per heavy atom. The number of nitriles is 1. The highest BCUT2D eigenvalue weighted by molar-refractivity contribution is 5.77. The molecule has 1 fully saturated rings. The van der Waals surface area contributed by atoms with Gasteiger partial charge in [0.1, 0.15) is 6.04 Å². The number of carbonyl (C=O) groups excluding carboxylic acids is 1. The van der Waals surface area contributed by atoms with Gasteiger partial charge in [0.05, 0.1) is 24.8 Å². The summed E-state index contributed by atoms with van der Waals surface area (Å²) in [6, 6.07) is 8.58. The molecule has 20 heavy (non-hydrogen) atoms. The zero-order valence-electron chi connectivity index (χ0n) is 11.5. The Bertz CT molecular complexity index is 516. The number of hydrogen-bond donors (Lipinski definition) is 1. The molecular weight excluding hydrogens is 256 g/mol. The molecule has 106 valence electrons. The molecule has 0 aromatic heterocycles. The Kier molecular flexibility index (Phi) is 4.72. The van der Waals surface area contributed by atoms with Crippen LogP contribution in [0.3, 0.4) is 0 Å². The molecule has 1 aliphatic heterocycles. The Morgan fingerprint density at radius 1 is 1.50 bits per heavy atom. The van der Waals surface area contributed by atoms with Gasteiger partial charge in [0.15, 0.2) is 0 Å². The van der Waals surface area contributed by atoms with E-state index >= 15 is 0 Å². The van der Waals surface area contributed by atoms with Gasteiger partial charge in [0, 0.05) is 13.1 Å². The number of nitrogens with zero attached hydrogens (tertiary/aromatic N) is 2. The van der Waals surface area contributed by atoms with Crippen LogP contribution in [0.4, 0.5) is 0 Å². The summed E-state index contributed by atoms with van der Waals surface area (Å²) in [5.74, 6) is -0.337. The number of aliphatic hydroxyl groups excluding tert-OH is 1. The quantitative estimate of drug-likeness (QED) is 0.839. The van der Waals surface area contributed by atoms with Crippen molar-refractivity contribution in [1.82, 2.24) is 4.90 Å². The molecule has 1 atom stereocenters. The van der Waals surface area contributed by atoms with Gasteiger partial charge in [-0.05, 0) is 30.5 Å². The molecule has 0 radical (unpaired) electrons. The molecule has 1 aromatic rings. The molecule has 5 nitrogen and oxygen atoms in total. The Hall–Kier alpha value is -1.90. The van der Waals surface area contributed by atoms with Crippen LogP contribution in [0.15, 0.2) is 24.3 Å². The van der Waals surface area contributed by atoms with Crippen LogP contribution in [0.2, 0.25) is 0 Å². The van der Waals surface area contributed by atoms with Gasteiger partial charge in [0.25, 0.3) is 0 Å². The molecule has 1 aromatic carbocycles. The normalized spacial score (nSPS) is 18.2. The number of rotatable bonds is 3. The summed E-state index contributed by atoms with van der Waals surface area (Å²) >= 11 is 0. The summed E-state index contributed by atoms with van der Waals surface area (Å²) in [6.07, 6.45) is 0.992. The lowest BCUT2D eigenvalue weighted by Gasteiger charge is -2.34. The molecule has 0 aliphatic carbocycles. The minimum atomic E-state index is -0.513. The average Bonchev–Trinajstić information content (AvgIpc) is 2.49. The highest BCUT2D eigenvalue weighted by Gasteiger charge is 2.31. The molecule has 1 unspecified atom stereocenters. The van der Waals surface area contributed by atoms with Crippen molar-refractivity contribution in [2.24, 2.45) is 0 Å². The summed E-state index contributed by atoms with van der Waals surface area (Å²) < 4.78 is 4.89. The third-order valence-electron chi connectivity index (χ3n) is 3.62. The van der Waals surface area contributed by atoms with Gasteiger partial charge in [-0.2, -0.15) is 5.26 Å². The topological polar surface area (TPSA) is 73.6 Å². The third-order valence-corrected chi connectivity index (χ3v) is 3.62. The van der Waals surface area contributed by atoms with Crippen molar-refractivity contribution < 1.29 is 14.6 Å². The largest absolute Gasteiger partial charge is 0.468 e. The van der Waals surface area contributed by atoms with Crippen molar-refractivity contribution in [3.05, 3.63) is 35.4 Å². The van der Waals surface area contributed by atoms with Crippen molar-refractivity contribution in [2.75, 3.05) is 20.2 Å². The van der Waals surface area contributed by atoms with Gasteiger partial charge < -0.3 is 9.84 Å². The van der Waals surface area contributed by atoms with Crippen LogP contribution < -0.4 is 0 Å². The first-order valence-electron chi connectivity index (χ1n) is 6.65. The fourth-order valence-corrected chi connectivity index (χ4v) is 2.53. The molecule has 5 heteroatoms. The zero-order chi connectivity index (χ0) is 14.5. The number of carbonyl (C=O) groups is 1. The molecular formula is C15H18N2O3. The van der Waals surface area contributed by atoms with Crippen LogP contribution in [0.25, 0.3) is 0 Å². The van der Waals surface area contributed by atoms with Gasteiger partial charge in [0.2, 0.25) is 0 Å². The maximum Gasteiger partial charge on any atom is 0.327 e. The van der Waals surface area contributed by atoms with Gasteiger partial charge in [-0.25, -0.2) is 4.79 Å². The monoisotopic (exact) mass is 274 g/mol. The molecule has 1 N–H and O–H groups in total. The highest BCUT2D eigenvalue weighted by Crippen LogP contribution is 2.26. The minimum Gasteiger partial charge on any atom is -0.468 e. The number of benzene rings is 1. The summed E-state index contributed by atoms with van der Waals surface area (Å²) in [7, 11) is 1.36. The van der Waals surface area contributed by atoms with Gasteiger partial charge in [-0.15, -0.1) is 0 Å². The van der Waals surface area contributed by atoms with Crippen LogP contribution in [-0.4, -0.2) is 42.3 Å².